The zero-order chi connectivity index (χ0) is 13.3. The molecule has 1 saturated heterocycles. The largest absolute Gasteiger partial charge is 0.367 e. The lowest BCUT2D eigenvalue weighted by atomic mass is 10.0. The van der Waals surface area contributed by atoms with Gasteiger partial charge in [0.1, 0.15) is 5.82 Å². The summed E-state index contributed by atoms with van der Waals surface area (Å²) in [6.07, 6.45) is 1.90. The third-order valence-corrected chi connectivity index (χ3v) is 3.49. The highest BCUT2D eigenvalue weighted by Crippen LogP contribution is 2.27. The van der Waals surface area contributed by atoms with Crippen molar-refractivity contribution < 1.29 is 4.74 Å². The van der Waals surface area contributed by atoms with Crippen LogP contribution in [0.15, 0.2) is 16.7 Å². The lowest BCUT2D eigenvalue weighted by Crippen LogP contribution is -2.55. The predicted molar refractivity (Wildman–Crippen MR) is 76.9 cm³/mol. The number of rotatable bonds is 2. The number of hydrogen-bond donors (Lipinski definition) is 1. The van der Waals surface area contributed by atoms with Crippen LogP contribution in [0.3, 0.4) is 0 Å². The van der Waals surface area contributed by atoms with Gasteiger partial charge in [-0.05, 0) is 48.3 Å². The number of aromatic nitrogens is 1. The van der Waals surface area contributed by atoms with Crippen molar-refractivity contribution in [3.05, 3.63) is 22.3 Å². The van der Waals surface area contributed by atoms with Crippen molar-refractivity contribution in [1.29, 1.82) is 0 Å². The van der Waals surface area contributed by atoms with Crippen LogP contribution in [-0.4, -0.2) is 36.3 Å². The fraction of sp³-hybridized carbons (Fsp3) is 0.615. The van der Waals surface area contributed by atoms with Gasteiger partial charge < -0.3 is 15.4 Å². The van der Waals surface area contributed by atoms with Gasteiger partial charge in [0.2, 0.25) is 0 Å². The van der Waals surface area contributed by atoms with Crippen LogP contribution in [0.1, 0.15) is 19.4 Å². The molecule has 1 aliphatic heterocycles. The molecule has 2 N–H and O–H groups in total. The highest BCUT2D eigenvalue weighted by Gasteiger charge is 2.33. The van der Waals surface area contributed by atoms with Gasteiger partial charge in [0, 0.05) is 30.3 Å². The fourth-order valence-corrected chi connectivity index (χ4v) is 2.89. The average Bonchev–Trinajstić information content (AvgIpc) is 2.26. The normalized spacial score (nSPS) is 23.2. The molecule has 100 valence electrons. The Morgan fingerprint density at radius 3 is 2.94 bits per heavy atom. The molecule has 4 nitrogen and oxygen atoms in total. The number of anilines is 1. The standard InChI is InChI=1S/C13H20BrN3O/c1-9-4-10(14)6-16-12(9)17-7-11(5-15)18-13(2,3)8-17/h4,6,11H,5,7-8,15H2,1-3H3. The van der Waals surface area contributed by atoms with Crippen molar-refractivity contribution in [2.75, 3.05) is 24.5 Å². The van der Waals surface area contributed by atoms with Crippen LogP contribution < -0.4 is 10.6 Å². The third kappa shape index (κ3) is 3.02. The fourth-order valence-electron chi connectivity index (χ4n) is 2.44. The molecule has 5 heteroatoms. The van der Waals surface area contributed by atoms with E-state index >= 15 is 0 Å². The van der Waals surface area contributed by atoms with E-state index in [2.05, 4.69) is 52.7 Å². The Labute approximate surface area is 117 Å². The second kappa shape index (κ2) is 5.15. The monoisotopic (exact) mass is 313 g/mol. The van der Waals surface area contributed by atoms with Gasteiger partial charge in [-0.1, -0.05) is 0 Å². The molecule has 1 unspecified atom stereocenters. The number of aryl methyl sites for hydroxylation is 1. The van der Waals surface area contributed by atoms with Crippen LogP contribution in [0.4, 0.5) is 5.82 Å². The second-order valence-corrected chi connectivity index (χ2v) is 6.33. The van der Waals surface area contributed by atoms with Crippen LogP contribution in [-0.2, 0) is 4.74 Å². The first-order chi connectivity index (χ1) is 8.41. The molecule has 1 aromatic heterocycles. The molecule has 2 heterocycles. The molecule has 1 aromatic rings. The molecule has 1 fully saturated rings. The smallest absolute Gasteiger partial charge is 0.131 e. The average molecular weight is 314 g/mol. The maximum Gasteiger partial charge on any atom is 0.131 e. The Morgan fingerprint density at radius 1 is 1.61 bits per heavy atom. The molecule has 18 heavy (non-hydrogen) atoms. The van der Waals surface area contributed by atoms with Crippen LogP contribution in [0.2, 0.25) is 0 Å². The first-order valence-electron chi connectivity index (χ1n) is 6.16. The molecule has 1 atom stereocenters. The first-order valence-corrected chi connectivity index (χ1v) is 6.95. The molecule has 0 amide bonds. The van der Waals surface area contributed by atoms with E-state index in [-0.39, 0.29) is 11.7 Å². The van der Waals surface area contributed by atoms with Crippen molar-refractivity contribution in [2.24, 2.45) is 5.73 Å². The van der Waals surface area contributed by atoms with Gasteiger partial charge in [-0.25, -0.2) is 4.98 Å². The highest BCUT2D eigenvalue weighted by molar-refractivity contribution is 9.10. The summed E-state index contributed by atoms with van der Waals surface area (Å²) in [5.41, 5.74) is 6.72. The summed E-state index contributed by atoms with van der Waals surface area (Å²) < 4.78 is 6.94. The summed E-state index contributed by atoms with van der Waals surface area (Å²) in [5.74, 6) is 1.02. The van der Waals surface area contributed by atoms with E-state index in [0.717, 1.165) is 28.9 Å². The number of pyridine rings is 1. The van der Waals surface area contributed by atoms with E-state index in [1.807, 2.05) is 6.20 Å². The van der Waals surface area contributed by atoms with E-state index in [1.165, 1.54) is 0 Å². The molecular formula is C13H20BrN3O. The number of halogens is 1. The van der Waals surface area contributed by atoms with Crippen LogP contribution in [0.5, 0.6) is 0 Å². The van der Waals surface area contributed by atoms with Gasteiger partial charge in [-0.2, -0.15) is 0 Å². The summed E-state index contributed by atoms with van der Waals surface area (Å²) in [4.78, 5) is 6.79. The molecule has 0 aromatic carbocycles. The Morgan fingerprint density at radius 2 is 2.33 bits per heavy atom. The Bertz CT molecular complexity index is 436. The predicted octanol–water partition coefficient (Wildman–Crippen LogP) is 2.10. The molecule has 0 radical (unpaired) electrons. The number of hydrogen-bond acceptors (Lipinski definition) is 4. The maximum absolute atomic E-state index is 5.93. The third-order valence-electron chi connectivity index (χ3n) is 3.06. The number of morpholine rings is 1. The zero-order valence-corrected chi connectivity index (χ0v) is 12.7. The van der Waals surface area contributed by atoms with Crippen molar-refractivity contribution in [1.82, 2.24) is 4.98 Å². The maximum atomic E-state index is 5.93. The minimum absolute atomic E-state index is 0.0681. The molecule has 0 bridgehead atoms. The quantitative estimate of drug-likeness (QED) is 0.908. The van der Waals surface area contributed by atoms with Gasteiger partial charge in [-0.3, -0.25) is 0 Å². The topological polar surface area (TPSA) is 51.4 Å². The molecule has 0 aliphatic carbocycles. The van der Waals surface area contributed by atoms with E-state index in [4.69, 9.17) is 10.5 Å². The van der Waals surface area contributed by atoms with Crippen molar-refractivity contribution >= 4 is 21.7 Å². The SMILES string of the molecule is Cc1cc(Br)cnc1N1CC(CN)OC(C)(C)C1. The summed E-state index contributed by atoms with van der Waals surface area (Å²) in [5, 5.41) is 0. The lowest BCUT2D eigenvalue weighted by molar-refractivity contribution is -0.0790. The Kier molecular flexibility index (Phi) is 3.94. The number of nitrogens with zero attached hydrogens (tertiary/aromatic N) is 2. The van der Waals surface area contributed by atoms with Crippen LogP contribution >= 0.6 is 15.9 Å². The minimum atomic E-state index is -0.191. The van der Waals surface area contributed by atoms with Gasteiger partial charge in [0.05, 0.1) is 11.7 Å². The first kappa shape index (κ1) is 13.8. The lowest BCUT2D eigenvalue weighted by Gasteiger charge is -2.43. The van der Waals surface area contributed by atoms with E-state index in [0.29, 0.717) is 6.54 Å². The Hall–Kier alpha value is -0.650. The number of nitrogens with two attached hydrogens (primary N) is 1. The van der Waals surface area contributed by atoms with Crippen molar-refractivity contribution in [3.8, 4) is 0 Å². The second-order valence-electron chi connectivity index (χ2n) is 5.41. The van der Waals surface area contributed by atoms with Gasteiger partial charge in [0.15, 0.2) is 0 Å². The molecule has 0 spiro atoms. The molecular weight excluding hydrogens is 294 g/mol. The van der Waals surface area contributed by atoms with E-state index < -0.39 is 0 Å². The van der Waals surface area contributed by atoms with Gasteiger partial charge in [0.25, 0.3) is 0 Å². The van der Waals surface area contributed by atoms with Crippen molar-refractivity contribution in [3.63, 3.8) is 0 Å². The minimum Gasteiger partial charge on any atom is -0.367 e. The molecule has 0 saturated carbocycles. The summed E-state index contributed by atoms with van der Waals surface area (Å²) in [6, 6.07) is 2.09. The zero-order valence-electron chi connectivity index (χ0n) is 11.1. The van der Waals surface area contributed by atoms with Crippen molar-refractivity contribution in [2.45, 2.75) is 32.5 Å². The number of ether oxygens (including phenoxy) is 1. The summed E-state index contributed by atoms with van der Waals surface area (Å²) >= 11 is 3.44. The molecule has 2 rings (SSSR count). The van der Waals surface area contributed by atoms with Gasteiger partial charge >= 0.3 is 0 Å². The Balaban J connectivity index is 2.26. The highest BCUT2D eigenvalue weighted by atomic mass is 79.9. The van der Waals surface area contributed by atoms with Crippen LogP contribution in [0, 0.1) is 6.92 Å². The van der Waals surface area contributed by atoms with Crippen LogP contribution in [0.25, 0.3) is 0 Å². The van der Waals surface area contributed by atoms with E-state index in [1.54, 1.807) is 0 Å². The van der Waals surface area contributed by atoms with Gasteiger partial charge in [-0.15, -0.1) is 0 Å². The van der Waals surface area contributed by atoms with E-state index in [9.17, 15) is 0 Å². The summed E-state index contributed by atoms with van der Waals surface area (Å²) in [6.45, 7) is 8.43. The summed E-state index contributed by atoms with van der Waals surface area (Å²) in [7, 11) is 0. The molecule has 1 aliphatic rings.